The monoisotopic (exact) mass is 292 g/mol. The van der Waals surface area contributed by atoms with Gasteiger partial charge in [-0.25, -0.2) is 9.48 Å². The Hall–Kier alpha value is -2.18. The summed E-state index contributed by atoms with van der Waals surface area (Å²) < 4.78 is 7.52. The number of ether oxygens (including phenoxy) is 1. The Morgan fingerprint density at radius 1 is 1.38 bits per heavy atom. The maximum Gasteiger partial charge on any atom is 0.330 e. The quantitative estimate of drug-likeness (QED) is 0.781. The van der Waals surface area contributed by atoms with Crippen molar-refractivity contribution in [1.29, 1.82) is 0 Å². The highest BCUT2D eigenvalue weighted by Crippen LogP contribution is 2.21. The number of methoxy groups -OCH3 is 1. The summed E-state index contributed by atoms with van der Waals surface area (Å²) in [5.74, 6) is -0.509. The maximum absolute atomic E-state index is 12.7. The van der Waals surface area contributed by atoms with Crippen molar-refractivity contribution in [1.82, 2.24) is 19.6 Å². The van der Waals surface area contributed by atoms with E-state index in [4.69, 9.17) is 4.74 Å². The van der Waals surface area contributed by atoms with E-state index in [1.807, 2.05) is 20.8 Å². The fourth-order valence-electron chi connectivity index (χ4n) is 2.23. The van der Waals surface area contributed by atoms with Crippen molar-refractivity contribution in [2.24, 2.45) is 0 Å². The number of nitrogens with zero attached hydrogens (tertiary/aromatic N) is 4. The number of esters is 1. The van der Waals surface area contributed by atoms with Gasteiger partial charge in [0, 0.05) is 5.39 Å². The van der Waals surface area contributed by atoms with E-state index in [9.17, 15) is 9.59 Å². The average Bonchev–Trinajstić information content (AvgIpc) is 2.86. The molecule has 0 radical (unpaired) electrons. The van der Waals surface area contributed by atoms with Crippen LogP contribution in [0.3, 0.4) is 0 Å². The molecule has 0 fully saturated rings. The molecule has 0 amide bonds. The molecule has 0 saturated carbocycles. The van der Waals surface area contributed by atoms with Crippen molar-refractivity contribution in [2.45, 2.75) is 46.2 Å². The molecule has 0 aliphatic heterocycles. The summed E-state index contributed by atoms with van der Waals surface area (Å²) in [6.45, 7) is 9.26. The number of aromatic nitrogens is 4. The summed E-state index contributed by atoms with van der Waals surface area (Å²) in [5.41, 5.74) is 0.406. The molecule has 21 heavy (non-hydrogen) atoms. The van der Waals surface area contributed by atoms with Crippen molar-refractivity contribution >= 4 is 16.9 Å². The van der Waals surface area contributed by atoms with E-state index in [0.29, 0.717) is 16.6 Å². The topological polar surface area (TPSA) is 79.0 Å². The van der Waals surface area contributed by atoms with E-state index in [0.717, 1.165) is 4.68 Å². The van der Waals surface area contributed by atoms with Gasteiger partial charge in [-0.1, -0.05) is 0 Å². The van der Waals surface area contributed by atoms with Crippen LogP contribution in [0.1, 0.15) is 39.4 Å². The summed E-state index contributed by atoms with van der Waals surface area (Å²) >= 11 is 0. The number of hydrogen-bond acceptors (Lipinski definition) is 5. The van der Waals surface area contributed by atoms with E-state index in [1.165, 1.54) is 7.11 Å². The molecule has 0 bridgehead atoms. The largest absolute Gasteiger partial charge is 0.467 e. The van der Waals surface area contributed by atoms with Gasteiger partial charge in [-0.3, -0.25) is 9.48 Å². The molecule has 7 nitrogen and oxygen atoms in total. The summed E-state index contributed by atoms with van der Waals surface area (Å²) in [5, 5.41) is 9.21. The normalized spacial score (nSPS) is 13.4. The fourth-order valence-corrected chi connectivity index (χ4v) is 2.23. The van der Waals surface area contributed by atoms with Gasteiger partial charge < -0.3 is 4.74 Å². The molecule has 114 valence electrons. The Morgan fingerprint density at radius 3 is 2.52 bits per heavy atom. The minimum absolute atomic E-state index is 0.346. The minimum atomic E-state index is -0.783. The van der Waals surface area contributed by atoms with E-state index < -0.39 is 12.0 Å². The molecule has 2 aromatic heterocycles. The summed E-state index contributed by atoms with van der Waals surface area (Å²) in [6, 6.07) is -0.783. The van der Waals surface area contributed by atoms with Gasteiger partial charge in [-0.15, -0.1) is 0 Å². The number of rotatable bonds is 2. The summed E-state index contributed by atoms with van der Waals surface area (Å²) in [4.78, 5) is 24.4. The number of aryl methyl sites for hydroxylation is 1. The molecule has 2 rings (SSSR count). The van der Waals surface area contributed by atoms with Gasteiger partial charge in [-0.05, 0) is 34.6 Å². The molecule has 0 N–H and O–H groups in total. The lowest BCUT2D eigenvalue weighted by atomic mass is 10.1. The lowest BCUT2D eigenvalue weighted by molar-refractivity contribution is -0.144. The summed E-state index contributed by atoms with van der Waals surface area (Å²) in [7, 11) is 1.29. The zero-order valence-electron chi connectivity index (χ0n) is 13.2. The van der Waals surface area contributed by atoms with Crippen LogP contribution in [0, 0.1) is 6.92 Å². The predicted octanol–water partition coefficient (Wildman–Crippen LogP) is 1.39. The number of fused-ring (bicyclic) bond motifs is 1. The standard InChI is InChI=1S/C14H20N4O3/c1-8-10-7-15-18(14(3,4)5)11(10)12(19)17(16-8)9(2)13(20)21-6/h7,9H,1-6H3. The van der Waals surface area contributed by atoms with Gasteiger partial charge in [0.05, 0.1) is 24.5 Å². The minimum Gasteiger partial charge on any atom is -0.467 e. The van der Waals surface area contributed by atoms with Crippen LogP contribution in [0.4, 0.5) is 0 Å². The first kappa shape index (κ1) is 15.2. The molecular weight excluding hydrogens is 272 g/mol. The van der Waals surface area contributed by atoms with E-state index in [1.54, 1.807) is 24.7 Å². The molecule has 0 spiro atoms. The van der Waals surface area contributed by atoms with Crippen LogP contribution in [0.2, 0.25) is 0 Å². The first-order valence-corrected chi connectivity index (χ1v) is 6.74. The molecule has 0 aromatic carbocycles. The molecule has 0 aliphatic rings. The highest BCUT2D eigenvalue weighted by atomic mass is 16.5. The second-order valence-corrected chi connectivity index (χ2v) is 6.02. The van der Waals surface area contributed by atoms with Crippen LogP contribution < -0.4 is 5.56 Å². The Balaban J connectivity index is 2.80. The lowest BCUT2D eigenvalue weighted by Gasteiger charge is -2.21. The van der Waals surface area contributed by atoms with Crippen molar-refractivity contribution in [3.8, 4) is 0 Å². The molecule has 0 aliphatic carbocycles. The fraction of sp³-hybridized carbons (Fsp3) is 0.571. The van der Waals surface area contributed by atoms with Gasteiger partial charge in [0.2, 0.25) is 0 Å². The van der Waals surface area contributed by atoms with Crippen molar-refractivity contribution in [3.63, 3.8) is 0 Å². The third kappa shape index (κ3) is 2.43. The second kappa shape index (κ2) is 4.98. The smallest absolute Gasteiger partial charge is 0.330 e. The van der Waals surface area contributed by atoms with E-state index in [-0.39, 0.29) is 11.1 Å². The first-order valence-electron chi connectivity index (χ1n) is 6.74. The Labute approximate surface area is 122 Å². The van der Waals surface area contributed by atoms with Gasteiger partial charge in [-0.2, -0.15) is 10.2 Å². The highest BCUT2D eigenvalue weighted by molar-refractivity contribution is 5.80. The zero-order valence-corrected chi connectivity index (χ0v) is 13.2. The van der Waals surface area contributed by atoms with Crippen LogP contribution in [0.5, 0.6) is 0 Å². The zero-order chi connectivity index (χ0) is 15.9. The van der Waals surface area contributed by atoms with Gasteiger partial charge in [0.1, 0.15) is 5.52 Å². The molecule has 2 heterocycles. The first-order chi connectivity index (χ1) is 9.68. The molecular formula is C14H20N4O3. The predicted molar refractivity (Wildman–Crippen MR) is 78.2 cm³/mol. The van der Waals surface area contributed by atoms with Gasteiger partial charge >= 0.3 is 5.97 Å². The highest BCUT2D eigenvalue weighted by Gasteiger charge is 2.25. The third-order valence-electron chi connectivity index (χ3n) is 3.37. The molecule has 1 atom stereocenters. The van der Waals surface area contributed by atoms with E-state index >= 15 is 0 Å². The SMILES string of the molecule is COC(=O)C(C)n1nc(C)c2cnn(C(C)(C)C)c2c1=O. The van der Waals surface area contributed by atoms with Gasteiger partial charge in [0.15, 0.2) is 6.04 Å². The van der Waals surface area contributed by atoms with Crippen LogP contribution in [0.15, 0.2) is 11.0 Å². The Bertz CT molecular complexity index is 752. The van der Waals surface area contributed by atoms with Crippen LogP contribution in [-0.4, -0.2) is 32.6 Å². The van der Waals surface area contributed by atoms with Crippen molar-refractivity contribution < 1.29 is 9.53 Å². The van der Waals surface area contributed by atoms with E-state index in [2.05, 4.69) is 10.2 Å². The molecule has 2 aromatic rings. The van der Waals surface area contributed by atoms with Crippen molar-refractivity contribution in [3.05, 3.63) is 22.2 Å². The van der Waals surface area contributed by atoms with Gasteiger partial charge in [0.25, 0.3) is 5.56 Å². The molecule has 7 heteroatoms. The lowest BCUT2D eigenvalue weighted by Crippen LogP contribution is -2.34. The third-order valence-corrected chi connectivity index (χ3v) is 3.37. The van der Waals surface area contributed by atoms with Crippen LogP contribution in [0.25, 0.3) is 10.9 Å². The molecule has 1 unspecified atom stereocenters. The molecule has 0 saturated heterocycles. The average molecular weight is 292 g/mol. The second-order valence-electron chi connectivity index (χ2n) is 6.02. The number of hydrogen-bond donors (Lipinski definition) is 0. The number of carbonyl (C=O) groups excluding carboxylic acids is 1. The Kier molecular flexibility index (Phi) is 3.61. The summed E-state index contributed by atoms with van der Waals surface area (Å²) in [6.07, 6.45) is 1.64. The van der Waals surface area contributed by atoms with Crippen molar-refractivity contribution in [2.75, 3.05) is 7.11 Å². The van der Waals surface area contributed by atoms with Crippen LogP contribution in [-0.2, 0) is 15.1 Å². The van der Waals surface area contributed by atoms with Crippen LogP contribution >= 0.6 is 0 Å². The Morgan fingerprint density at radius 2 is 2.00 bits per heavy atom. The number of carbonyl (C=O) groups is 1. The maximum atomic E-state index is 12.7.